The van der Waals surface area contributed by atoms with Gasteiger partial charge < -0.3 is 11.1 Å². The maximum absolute atomic E-state index is 5.61. The molecule has 0 aliphatic carbocycles. The third kappa shape index (κ3) is 4.39. The summed E-state index contributed by atoms with van der Waals surface area (Å²) in [6.45, 7) is 11.8. The van der Waals surface area contributed by atoms with Crippen molar-refractivity contribution in [3.8, 4) is 0 Å². The Bertz CT molecular complexity index is 344. The second-order valence-electron chi connectivity index (χ2n) is 6.37. The van der Waals surface area contributed by atoms with Crippen molar-refractivity contribution in [2.24, 2.45) is 5.73 Å². The van der Waals surface area contributed by atoms with Gasteiger partial charge in [-0.3, -0.25) is 0 Å². The zero-order chi connectivity index (χ0) is 13.1. The molecule has 96 valence electrons. The van der Waals surface area contributed by atoms with Crippen LogP contribution in [0.15, 0.2) is 24.3 Å². The maximum atomic E-state index is 5.61. The van der Waals surface area contributed by atoms with Gasteiger partial charge in [0.05, 0.1) is 0 Å². The van der Waals surface area contributed by atoms with Gasteiger partial charge in [-0.05, 0) is 49.9 Å². The predicted octanol–water partition coefficient (Wildman–Crippen LogP) is 3.52. The van der Waals surface area contributed by atoms with E-state index in [9.17, 15) is 0 Å². The summed E-state index contributed by atoms with van der Waals surface area (Å²) < 4.78 is 0. The summed E-state index contributed by atoms with van der Waals surface area (Å²) in [5.74, 6) is 0. The Hall–Kier alpha value is -1.02. The van der Waals surface area contributed by atoms with Crippen molar-refractivity contribution < 1.29 is 0 Å². The van der Waals surface area contributed by atoms with Crippen molar-refractivity contribution in [3.05, 3.63) is 29.8 Å². The van der Waals surface area contributed by atoms with E-state index in [-0.39, 0.29) is 11.0 Å². The van der Waals surface area contributed by atoms with Crippen molar-refractivity contribution in [1.29, 1.82) is 0 Å². The van der Waals surface area contributed by atoms with Crippen molar-refractivity contribution >= 4 is 5.69 Å². The smallest absolute Gasteiger partial charge is 0.0344 e. The molecule has 0 heterocycles. The first-order valence-corrected chi connectivity index (χ1v) is 6.33. The number of nitrogens with two attached hydrogens (primary N) is 1. The third-order valence-electron chi connectivity index (χ3n) is 3.00. The minimum atomic E-state index is 0.0536. The normalized spacial score (nSPS) is 12.6. The highest BCUT2D eigenvalue weighted by atomic mass is 15.0. The molecule has 2 heteroatoms. The second-order valence-corrected chi connectivity index (χ2v) is 6.37. The largest absolute Gasteiger partial charge is 0.380 e. The molecule has 0 fully saturated rings. The summed E-state index contributed by atoms with van der Waals surface area (Å²) in [5.41, 5.74) is 8.40. The van der Waals surface area contributed by atoms with Crippen molar-refractivity contribution in [3.63, 3.8) is 0 Å². The van der Waals surface area contributed by atoms with Crippen LogP contribution in [-0.4, -0.2) is 12.1 Å². The fourth-order valence-corrected chi connectivity index (χ4v) is 1.87. The number of anilines is 1. The minimum Gasteiger partial charge on any atom is -0.380 e. The highest BCUT2D eigenvalue weighted by Crippen LogP contribution is 2.25. The molecular weight excluding hydrogens is 208 g/mol. The van der Waals surface area contributed by atoms with Gasteiger partial charge in [0, 0.05) is 11.2 Å². The van der Waals surface area contributed by atoms with E-state index in [4.69, 9.17) is 5.73 Å². The first-order chi connectivity index (χ1) is 7.74. The van der Waals surface area contributed by atoms with Gasteiger partial charge in [0.15, 0.2) is 0 Å². The molecule has 0 spiro atoms. The van der Waals surface area contributed by atoms with Crippen LogP contribution in [0.25, 0.3) is 0 Å². The van der Waals surface area contributed by atoms with Crippen LogP contribution in [0.3, 0.4) is 0 Å². The Morgan fingerprint density at radius 3 is 1.94 bits per heavy atom. The van der Waals surface area contributed by atoms with E-state index in [0.717, 1.165) is 12.1 Å². The molecule has 3 N–H and O–H groups in total. The molecule has 0 unspecified atom stereocenters. The molecule has 2 nitrogen and oxygen atoms in total. The summed E-state index contributed by atoms with van der Waals surface area (Å²) in [6.07, 6.45) is 0.966. The Morgan fingerprint density at radius 2 is 1.53 bits per heavy atom. The molecule has 0 saturated heterocycles. The standard InChI is InChI=1S/C15H26N2/c1-14(2,3)12-6-8-13(9-7-12)17-15(4,5)10-11-16/h6-9,17H,10-11,16H2,1-5H3. The summed E-state index contributed by atoms with van der Waals surface area (Å²) in [4.78, 5) is 0. The summed E-state index contributed by atoms with van der Waals surface area (Å²) in [5, 5.41) is 3.52. The maximum Gasteiger partial charge on any atom is 0.0344 e. The zero-order valence-corrected chi connectivity index (χ0v) is 11.8. The molecule has 0 amide bonds. The summed E-state index contributed by atoms with van der Waals surface area (Å²) in [7, 11) is 0. The summed E-state index contributed by atoms with van der Waals surface area (Å²) in [6, 6.07) is 8.69. The fraction of sp³-hybridized carbons (Fsp3) is 0.600. The van der Waals surface area contributed by atoms with Gasteiger partial charge in [-0.25, -0.2) is 0 Å². The Balaban J connectivity index is 2.75. The van der Waals surface area contributed by atoms with Crippen LogP contribution in [-0.2, 0) is 5.41 Å². The monoisotopic (exact) mass is 234 g/mol. The van der Waals surface area contributed by atoms with Crippen LogP contribution in [0.5, 0.6) is 0 Å². The number of hydrogen-bond acceptors (Lipinski definition) is 2. The van der Waals surface area contributed by atoms with E-state index in [1.807, 2.05) is 0 Å². The Kier molecular flexibility index (Phi) is 4.21. The average Bonchev–Trinajstić information content (AvgIpc) is 2.16. The number of hydrogen-bond donors (Lipinski definition) is 2. The average molecular weight is 234 g/mol. The quantitative estimate of drug-likeness (QED) is 0.836. The van der Waals surface area contributed by atoms with Gasteiger partial charge in [-0.1, -0.05) is 32.9 Å². The molecule has 0 aliphatic heterocycles. The molecule has 0 aliphatic rings. The first-order valence-electron chi connectivity index (χ1n) is 6.33. The van der Waals surface area contributed by atoms with E-state index in [1.54, 1.807) is 0 Å². The molecule has 1 aromatic carbocycles. The van der Waals surface area contributed by atoms with Gasteiger partial charge in [0.1, 0.15) is 0 Å². The molecule has 0 radical (unpaired) electrons. The van der Waals surface area contributed by atoms with E-state index in [2.05, 4.69) is 64.2 Å². The molecule has 0 atom stereocenters. The van der Waals surface area contributed by atoms with Gasteiger partial charge in [-0.15, -0.1) is 0 Å². The molecule has 1 aromatic rings. The molecule has 0 saturated carbocycles. The number of benzene rings is 1. The predicted molar refractivity (Wildman–Crippen MR) is 76.5 cm³/mol. The molecular formula is C15H26N2. The van der Waals surface area contributed by atoms with Gasteiger partial charge in [-0.2, -0.15) is 0 Å². The topological polar surface area (TPSA) is 38.0 Å². The van der Waals surface area contributed by atoms with Gasteiger partial charge >= 0.3 is 0 Å². The molecule has 1 rings (SSSR count). The minimum absolute atomic E-state index is 0.0536. The van der Waals surface area contributed by atoms with E-state index < -0.39 is 0 Å². The highest BCUT2D eigenvalue weighted by molar-refractivity contribution is 5.47. The lowest BCUT2D eigenvalue weighted by Crippen LogP contribution is -2.33. The molecule has 0 aromatic heterocycles. The lowest BCUT2D eigenvalue weighted by atomic mass is 9.87. The number of nitrogens with one attached hydrogen (secondary N) is 1. The van der Waals surface area contributed by atoms with Crippen LogP contribution in [0.1, 0.15) is 46.6 Å². The fourth-order valence-electron chi connectivity index (χ4n) is 1.87. The molecule has 17 heavy (non-hydrogen) atoms. The van der Waals surface area contributed by atoms with Gasteiger partial charge in [0.2, 0.25) is 0 Å². The third-order valence-corrected chi connectivity index (χ3v) is 3.00. The van der Waals surface area contributed by atoms with Crippen LogP contribution >= 0.6 is 0 Å². The number of rotatable bonds is 4. The van der Waals surface area contributed by atoms with Gasteiger partial charge in [0.25, 0.3) is 0 Å². The van der Waals surface area contributed by atoms with Crippen molar-refractivity contribution in [1.82, 2.24) is 0 Å². The molecule has 0 bridgehead atoms. The van der Waals surface area contributed by atoms with Crippen LogP contribution < -0.4 is 11.1 Å². The van der Waals surface area contributed by atoms with Crippen molar-refractivity contribution in [2.75, 3.05) is 11.9 Å². The zero-order valence-electron chi connectivity index (χ0n) is 11.8. The van der Waals surface area contributed by atoms with Crippen molar-refractivity contribution in [2.45, 2.75) is 52.0 Å². The van der Waals surface area contributed by atoms with E-state index in [1.165, 1.54) is 5.56 Å². The summed E-state index contributed by atoms with van der Waals surface area (Å²) >= 11 is 0. The Morgan fingerprint density at radius 1 is 1.00 bits per heavy atom. The SMILES string of the molecule is CC(C)(CCN)Nc1ccc(C(C)(C)C)cc1. The van der Waals surface area contributed by atoms with E-state index in [0.29, 0.717) is 6.54 Å². The van der Waals surface area contributed by atoms with Crippen LogP contribution in [0.4, 0.5) is 5.69 Å². The van der Waals surface area contributed by atoms with Crippen LogP contribution in [0, 0.1) is 0 Å². The Labute approximate surface area is 106 Å². The lowest BCUT2D eigenvalue weighted by Gasteiger charge is -2.27. The highest BCUT2D eigenvalue weighted by Gasteiger charge is 2.17. The lowest BCUT2D eigenvalue weighted by molar-refractivity contribution is 0.526. The van der Waals surface area contributed by atoms with E-state index >= 15 is 0 Å². The van der Waals surface area contributed by atoms with Crippen LogP contribution in [0.2, 0.25) is 0 Å². The first kappa shape index (κ1) is 14.0. The second kappa shape index (κ2) is 5.09.